The van der Waals surface area contributed by atoms with Gasteiger partial charge in [0.1, 0.15) is 6.04 Å². The van der Waals surface area contributed by atoms with Crippen LogP contribution < -0.4 is 14.7 Å². The van der Waals surface area contributed by atoms with Crippen LogP contribution in [0.5, 0.6) is 0 Å². The van der Waals surface area contributed by atoms with Crippen molar-refractivity contribution in [3.63, 3.8) is 0 Å². The first-order valence-electron chi connectivity index (χ1n) is 11.7. The minimum Gasteiger partial charge on any atom is -0.368 e. The van der Waals surface area contributed by atoms with Crippen molar-refractivity contribution in [3.8, 4) is 0 Å². The lowest BCUT2D eigenvalue weighted by Crippen LogP contribution is -2.54. The van der Waals surface area contributed by atoms with Crippen LogP contribution in [0.15, 0.2) is 36.4 Å². The summed E-state index contributed by atoms with van der Waals surface area (Å²) in [6.45, 7) is 8.23. The van der Waals surface area contributed by atoms with Crippen molar-refractivity contribution >= 4 is 28.9 Å². The van der Waals surface area contributed by atoms with E-state index >= 15 is 0 Å². The smallest absolute Gasteiger partial charge is 0.254 e. The number of fused-ring (bicyclic) bond motifs is 3. The average molecular weight is 433 g/mol. The number of amides is 2. The van der Waals surface area contributed by atoms with E-state index in [1.54, 1.807) is 4.90 Å². The Morgan fingerprint density at radius 3 is 2.44 bits per heavy atom. The van der Waals surface area contributed by atoms with Crippen LogP contribution in [0, 0.1) is 13.8 Å². The highest BCUT2D eigenvalue weighted by atomic mass is 16.2. The van der Waals surface area contributed by atoms with Gasteiger partial charge in [0.15, 0.2) is 0 Å². The van der Waals surface area contributed by atoms with Gasteiger partial charge in [-0.05, 0) is 68.5 Å². The van der Waals surface area contributed by atoms with Crippen LogP contribution in [0.2, 0.25) is 0 Å². The number of likely N-dealkylation sites (N-methyl/N-ethyl adjacent to an activating group) is 1. The van der Waals surface area contributed by atoms with Crippen LogP contribution in [0.4, 0.5) is 17.1 Å². The van der Waals surface area contributed by atoms with Crippen LogP contribution in [-0.4, -0.2) is 62.5 Å². The Bertz CT molecular complexity index is 1060. The third kappa shape index (κ3) is 3.51. The van der Waals surface area contributed by atoms with E-state index in [4.69, 9.17) is 0 Å². The second-order valence-electron chi connectivity index (χ2n) is 9.37. The first-order chi connectivity index (χ1) is 15.4. The molecule has 3 aliphatic heterocycles. The van der Waals surface area contributed by atoms with Crippen molar-refractivity contribution in [3.05, 3.63) is 53.1 Å². The molecule has 0 aromatic heterocycles. The van der Waals surface area contributed by atoms with E-state index in [0.717, 1.165) is 50.3 Å². The van der Waals surface area contributed by atoms with Crippen molar-refractivity contribution < 1.29 is 9.59 Å². The topological polar surface area (TPSA) is 47.1 Å². The first-order valence-corrected chi connectivity index (χ1v) is 11.7. The zero-order valence-electron chi connectivity index (χ0n) is 19.3. The number of aryl methyl sites for hydroxylation is 2. The molecule has 0 radical (unpaired) electrons. The predicted molar refractivity (Wildman–Crippen MR) is 129 cm³/mol. The van der Waals surface area contributed by atoms with Gasteiger partial charge >= 0.3 is 0 Å². The second kappa shape index (κ2) is 8.15. The molecule has 3 heterocycles. The molecular formula is C26H32N4O2. The molecule has 0 saturated carbocycles. The normalized spacial score (nSPS) is 20.8. The average Bonchev–Trinajstić information content (AvgIpc) is 2.83. The molecule has 5 rings (SSSR count). The standard InChI is InChI=1S/C26H32N4O2/c1-18-7-8-19(2)23(16-18)28-12-14-29(15-13-28)25(31)20-9-10-21-24(17-20)27(3)26(32)22-6-4-5-11-30(21)22/h7-10,16-17,22H,4-6,11-15H2,1-3H3/t22-/m1/s1. The minimum absolute atomic E-state index is 0.0510. The quantitative estimate of drug-likeness (QED) is 0.728. The molecule has 168 valence electrons. The Labute approximate surface area is 190 Å². The van der Waals surface area contributed by atoms with Crippen LogP contribution in [0.25, 0.3) is 0 Å². The van der Waals surface area contributed by atoms with Gasteiger partial charge in [-0.3, -0.25) is 9.59 Å². The fourth-order valence-electron chi connectivity index (χ4n) is 5.38. The molecule has 2 fully saturated rings. The highest BCUT2D eigenvalue weighted by molar-refractivity contribution is 6.07. The van der Waals surface area contributed by atoms with Gasteiger partial charge in [-0.2, -0.15) is 0 Å². The molecule has 0 aliphatic carbocycles. The summed E-state index contributed by atoms with van der Waals surface area (Å²) in [4.78, 5) is 34.5. The third-order valence-electron chi connectivity index (χ3n) is 7.28. The number of hydrogen-bond acceptors (Lipinski definition) is 4. The number of piperidine rings is 1. The number of piperazine rings is 1. The number of carbonyl (C=O) groups is 2. The van der Waals surface area contributed by atoms with E-state index in [0.29, 0.717) is 18.7 Å². The lowest BCUT2D eigenvalue weighted by atomic mass is 9.95. The summed E-state index contributed by atoms with van der Waals surface area (Å²) in [5.74, 6) is 0.193. The molecule has 2 saturated heterocycles. The summed E-state index contributed by atoms with van der Waals surface area (Å²) in [6, 6.07) is 12.4. The van der Waals surface area contributed by atoms with Gasteiger partial charge in [0.2, 0.25) is 5.91 Å². The van der Waals surface area contributed by atoms with Crippen LogP contribution >= 0.6 is 0 Å². The Morgan fingerprint density at radius 2 is 1.66 bits per heavy atom. The van der Waals surface area contributed by atoms with E-state index in [2.05, 4.69) is 41.8 Å². The van der Waals surface area contributed by atoms with E-state index in [-0.39, 0.29) is 17.9 Å². The molecule has 2 aromatic rings. The SMILES string of the molecule is Cc1ccc(C)c(N2CCN(C(=O)c3ccc4c(c3)N(C)C(=O)[C@H]3CCCCN43)CC2)c1. The molecular weight excluding hydrogens is 400 g/mol. The molecule has 6 heteroatoms. The largest absolute Gasteiger partial charge is 0.368 e. The summed E-state index contributed by atoms with van der Waals surface area (Å²) in [5, 5.41) is 0. The molecule has 1 atom stereocenters. The lowest BCUT2D eigenvalue weighted by molar-refractivity contribution is -0.120. The molecule has 0 unspecified atom stereocenters. The van der Waals surface area contributed by atoms with Crippen LogP contribution in [0.1, 0.15) is 40.7 Å². The van der Waals surface area contributed by atoms with Crippen molar-refractivity contribution in [2.45, 2.75) is 39.2 Å². The van der Waals surface area contributed by atoms with Gasteiger partial charge in [-0.15, -0.1) is 0 Å². The summed E-state index contributed by atoms with van der Waals surface area (Å²) in [6.07, 6.45) is 3.12. The van der Waals surface area contributed by atoms with Gasteiger partial charge < -0.3 is 19.6 Å². The maximum absolute atomic E-state index is 13.3. The van der Waals surface area contributed by atoms with Crippen molar-refractivity contribution in [2.75, 3.05) is 54.5 Å². The van der Waals surface area contributed by atoms with E-state index in [9.17, 15) is 9.59 Å². The van der Waals surface area contributed by atoms with Crippen molar-refractivity contribution in [1.29, 1.82) is 0 Å². The van der Waals surface area contributed by atoms with E-state index in [1.165, 1.54) is 16.8 Å². The minimum atomic E-state index is -0.0547. The van der Waals surface area contributed by atoms with E-state index < -0.39 is 0 Å². The van der Waals surface area contributed by atoms with Gasteiger partial charge in [0.05, 0.1) is 11.4 Å². The molecule has 3 aliphatic rings. The summed E-state index contributed by atoms with van der Waals surface area (Å²) >= 11 is 0. The maximum atomic E-state index is 13.3. The highest BCUT2D eigenvalue weighted by Crippen LogP contribution is 2.39. The van der Waals surface area contributed by atoms with Crippen molar-refractivity contribution in [1.82, 2.24) is 4.90 Å². The maximum Gasteiger partial charge on any atom is 0.254 e. The van der Waals surface area contributed by atoms with E-state index in [1.807, 2.05) is 30.1 Å². The Hall–Kier alpha value is -3.02. The van der Waals surface area contributed by atoms with Crippen LogP contribution in [-0.2, 0) is 4.79 Å². The number of anilines is 3. The van der Waals surface area contributed by atoms with Crippen LogP contribution in [0.3, 0.4) is 0 Å². The number of benzene rings is 2. The summed E-state index contributed by atoms with van der Waals surface area (Å²) in [7, 11) is 1.84. The molecule has 0 spiro atoms. The van der Waals surface area contributed by atoms with Gasteiger partial charge in [0, 0.05) is 51.0 Å². The number of rotatable bonds is 2. The molecule has 0 N–H and O–H groups in total. The second-order valence-corrected chi connectivity index (χ2v) is 9.37. The first kappa shape index (κ1) is 20.9. The molecule has 6 nitrogen and oxygen atoms in total. The number of hydrogen-bond donors (Lipinski definition) is 0. The van der Waals surface area contributed by atoms with Gasteiger partial charge in [-0.1, -0.05) is 12.1 Å². The van der Waals surface area contributed by atoms with Gasteiger partial charge in [-0.25, -0.2) is 0 Å². The highest BCUT2D eigenvalue weighted by Gasteiger charge is 2.38. The number of carbonyl (C=O) groups excluding carboxylic acids is 2. The molecule has 32 heavy (non-hydrogen) atoms. The summed E-state index contributed by atoms with van der Waals surface area (Å²) < 4.78 is 0. The molecule has 0 bridgehead atoms. The molecule has 2 aromatic carbocycles. The lowest BCUT2D eigenvalue weighted by Gasteiger charge is -2.44. The van der Waals surface area contributed by atoms with Gasteiger partial charge in [0.25, 0.3) is 5.91 Å². The number of nitrogens with zero attached hydrogens (tertiary/aromatic N) is 4. The Kier molecular flexibility index (Phi) is 5.31. The molecule has 2 amide bonds. The summed E-state index contributed by atoms with van der Waals surface area (Å²) in [5.41, 5.74) is 6.39. The zero-order valence-corrected chi connectivity index (χ0v) is 19.3. The monoisotopic (exact) mass is 432 g/mol. The predicted octanol–water partition coefficient (Wildman–Crippen LogP) is 3.60. The Balaban J connectivity index is 1.33. The third-order valence-corrected chi connectivity index (χ3v) is 7.28. The fraction of sp³-hybridized carbons (Fsp3) is 0.462. The Morgan fingerprint density at radius 1 is 0.875 bits per heavy atom. The fourth-order valence-corrected chi connectivity index (χ4v) is 5.38. The zero-order chi connectivity index (χ0) is 22.4. The van der Waals surface area contributed by atoms with Crippen molar-refractivity contribution in [2.24, 2.45) is 0 Å².